The molecule has 1 aliphatic rings. The monoisotopic (exact) mass is 509 g/mol. The van der Waals surface area contributed by atoms with Gasteiger partial charge in [0.05, 0.1) is 5.69 Å². The van der Waals surface area contributed by atoms with Crippen molar-refractivity contribution in [2.24, 2.45) is 0 Å². The standard InChI is InChI=1S/C26H24ClN3O4S/c27-18-4-5-21-23(13-18)34-28-24(21)16-6-9-30(10-7-16)14-19(31)15-32-20-3-1-2-17(12-20)25-26-22(33-29-25)8-11-35-26/h1-5,8,11-13,16,19,31H,6-7,9-10,14-15H2/t19-/m1/s1. The third kappa shape index (κ3) is 4.67. The molecular formula is C26H24ClN3O4S. The molecule has 1 fully saturated rings. The molecule has 1 N–H and O–H groups in total. The van der Waals surface area contributed by atoms with E-state index in [1.807, 2.05) is 53.9 Å². The molecule has 0 amide bonds. The number of fused-ring (bicyclic) bond motifs is 2. The molecule has 0 aliphatic carbocycles. The highest BCUT2D eigenvalue weighted by molar-refractivity contribution is 7.17. The van der Waals surface area contributed by atoms with Crippen LogP contribution < -0.4 is 4.74 Å². The highest BCUT2D eigenvalue weighted by Gasteiger charge is 2.26. The van der Waals surface area contributed by atoms with Crippen LogP contribution in [0.25, 0.3) is 32.5 Å². The fourth-order valence-corrected chi connectivity index (χ4v) is 5.73. The van der Waals surface area contributed by atoms with Crippen LogP contribution in [0.5, 0.6) is 5.75 Å². The number of piperidine rings is 1. The summed E-state index contributed by atoms with van der Waals surface area (Å²) in [7, 11) is 0. The molecule has 180 valence electrons. The second-order valence-corrected chi connectivity index (χ2v) is 10.3. The fraction of sp³-hybridized carbons (Fsp3) is 0.308. The lowest BCUT2D eigenvalue weighted by molar-refractivity contribution is 0.0592. The Bertz CT molecular complexity index is 1450. The van der Waals surface area contributed by atoms with Gasteiger partial charge < -0.3 is 23.8 Å². The average Bonchev–Trinajstić information content (AvgIpc) is 3.59. The van der Waals surface area contributed by atoms with Crippen LogP contribution in [0.3, 0.4) is 0 Å². The number of ether oxygens (including phenoxy) is 1. The van der Waals surface area contributed by atoms with Crippen LogP contribution in [0, 0.1) is 0 Å². The van der Waals surface area contributed by atoms with Crippen LogP contribution in [0.4, 0.5) is 0 Å². The first-order valence-electron chi connectivity index (χ1n) is 11.7. The number of likely N-dealkylation sites (tertiary alicyclic amines) is 1. The molecule has 0 spiro atoms. The summed E-state index contributed by atoms with van der Waals surface area (Å²) in [5.74, 6) is 1.04. The third-order valence-corrected chi connectivity index (χ3v) is 7.67. The maximum Gasteiger partial charge on any atom is 0.178 e. The molecule has 0 radical (unpaired) electrons. The average molecular weight is 510 g/mol. The zero-order valence-electron chi connectivity index (χ0n) is 18.9. The number of nitrogens with zero attached hydrogens (tertiary/aromatic N) is 3. The number of rotatable bonds is 7. The zero-order chi connectivity index (χ0) is 23.8. The van der Waals surface area contributed by atoms with Crippen molar-refractivity contribution >= 4 is 44.2 Å². The van der Waals surface area contributed by atoms with Gasteiger partial charge in [0.25, 0.3) is 0 Å². The Labute approximate surface area is 210 Å². The van der Waals surface area contributed by atoms with Gasteiger partial charge in [0, 0.05) is 34.5 Å². The second-order valence-electron chi connectivity index (χ2n) is 8.92. The van der Waals surface area contributed by atoms with E-state index in [2.05, 4.69) is 15.2 Å². The van der Waals surface area contributed by atoms with Crippen LogP contribution in [0.15, 0.2) is 63.0 Å². The molecule has 4 heterocycles. The Morgan fingerprint density at radius 3 is 2.83 bits per heavy atom. The minimum Gasteiger partial charge on any atom is -0.491 e. The van der Waals surface area contributed by atoms with Crippen molar-refractivity contribution < 1.29 is 18.9 Å². The topological polar surface area (TPSA) is 84.8 Å². The summed E-state index contributed by atoms with van der Waals surface area (Å²) >= 11 is 7.66. The molecule has 2 aromatic carbocycles. The SMILES string of the molecule is O[C@@H](COc1cccc(-c2noc3ccsc23)c1)CN1CCC(c2noc3cc(Cl)ccc23)CC1. The van der Waals surface area contributed by atoms with Crippen molar-refractivity contribution in [2.75, 3.05) is 26.2 Å². The van der Waals surface area contributed by atoms with Gasteiger partial charge in [-0.3, -0.25) is 0 Å². The minimum atomic E-state index is -0.582. The van der Waals surface area contributed by atoms with Crippen molar-refractivity contribution in [3.63, 3.8) is 0 Å². The predicted molar refractivity (Wildman–Crippen MR) is 136 cm³/mol. The van der Waals surface area contributed by atoms with E-state index in [1.165, 1.54) is 0 Å². The van der Waals surface area contributed by atoms with E-state index in [9.17, 15) is 5.11 Å². The van der Waals surface area contributed by atoms with Gasteiger partial charge in [-0.05, 0) is 61.6 Å². The van der Waals surface area contributed by atoms with Crippen LogP contribution in [-0.2, 0) is 0 Å². The van der Waals surface area contributed by atoms with E-state index in [0.717, 1.165) is 64.1 Å². The van der Waals surface area contributed by atoms with Crippen LogP contribution in [0.2, 0.25) is 5.02 Å². The molecule has 1 atom stereocenters. The summed E-state index contributed by atoms with van der Waals surface area (Å²) in [6, 6.07) is 15.3. The van der Waals surface area contributed by atoms with Crippen molar-refractivity contribution in [2.45, 2.75) is 24.9 Å². The number of thiophene rings is 1. The van der Waals surface area contributed by atoms with Crippen molar-refractivity contribution in [1.29, 1.82) is 0 Å². The third-order valence-electron chi connectivity index (χ3n) is 6.53. The maximum absolute atomic E-state index is 10.6. The Hall–Kier alpha value is -2.91. The largest absolute Gasteiger partial charge is 0.491 e. The van der Waals surface area contributed by atoms with Gasteiger partial charge in [0.2, 0.25) is 0 Å². The lowest BCUT2D eigenvalue weighted by atomic mass is 9.91. The zero-order valence-corrected chi connectivity index (χ0v) is 20.5. The Balaban J connectivity index is 1.02. The highest BCUT2D eigenvalue weighted by Crippen LogP contribution is 2.34. The van der Waals surface area contributed by atoms with Crippen LogP contribution in [0.1, 0.15) is 24.5 Å². The molecule has 0 bridgehead atoms. The number of halogens is 1. The number of aliphatic hydroxyl groups excluding tert-OH is 1. The number of hydrogen-bond acceptors (Lipinski definition) is 8. The molecule has 5 aromatic rings. The summed E-state index contributed by atoms with van der Waals surface area (Å²) in [6.45, 7) is 2.58. The van der Waals surface area contributed by atoms with Gasteiger partial charge in [-0.15, -0.1) is 11.3 Å². The maximum atomic E-state index is 10.6. The second kappa shape index (κ2) is 9.62. The van der Waals surface area contributed by atoms with E-state index in [1.54, 1.807) is 11.3 Å². The Kier molecular flexibility index (Phi) is 6.20. The number of β-amino-alcohol motifs (C(OH)–C–C–N with tert-alkyl or cyclic N) is 1. The van der Waals surface area contributed by atoms with Crippen molar-refractivity contribution in [3.8, 4) is 17.0 Å². The molecule has 0 unspecified atom stereocenters. The summed E-state index contributed by atoms with van der Waals surface area (Å²) in [6.07, 6.45) is 1.35. The van der Waals surface area contributed by atoms with Crippen molar-refractivity contribution in [3.05, 3.63) is 64.6 Å². The number of benzene rings is 2. The molecule has 3 aromatic heterocycles. The van der Waals surface area contributed by atoms with E-state index in [4.69, 9.17) is 25.4 Å². The Morgan fingerprint density at radius 2 is 1.94 bits per heavy atom. The molecule has 7 nitrogen and oxygen atoms in total. The van der Waals surface area contributed by atoms with E-state index >= 15 is 0 Å². The lowest BCUT2D eigenvalue weighted by Crippen LogP contribution is -2.40. The summed E-state index contributed by atoms with van der Waals surface area (Å²) in [5.41, 5.74) is 4.27. The lowest BCUT2D eigenvalue weighted by Gasteiger charge is -2.32. The van der Waals surface area contributed by atoms with E-state index in [-0.39, 0.29) is 6.61 Å². The van der Waals surface area contributed by atoms with Gasteiger partial charge in [0.15, 0.2) is 11.2 Å². The summed E-state index contributed by atoms with van der Waals surface area (Å²) in [5, 5.41) is 22.8. The van der Waals surface area contributed by atoms with Crippen LogP contribution in [-0.4, -0.2) is 52.7 Å². The smallest absolute Gasteiger partial charge is 0.178 e. The first-order chi connectivity index (χ1) is 17.1. The molecule has 9 heteroatoms. The summed E-state index contributed by atoms with van der Waals surface area (Å²) < 4.78 is 17.8. The number of hydrogen-bond donors (Lipinski definition) is 1. The Morgan fingerprint density at radius 1 is 1.09 bits per heavy atom. The molecular weight excluding hydrogens is 486 g/mol. The molecule has 6 rings (SSSR count). The van der Waals surface area contributed by atoms with Gasteiger partial charge in [-0.25, -0.2) is 0 Å². The minimum absolute atomic E-state index is 0.227. The summed E-state index contributed by atoms with van der Waals surface area (Å²) in [4.78, 5) is 2.28. The van der Waals surface area contributed by atoms with Crippen LogP contribution >= 0.6 is 22.9 Å². The normalized spacial score (nSPS) is 16.3. The molecule has 1 aliphatic heterocycles. The first-order valence-corrected chi connectivity index (χ1v) is 12.9. The molecule has 35 heavy (non-hydrogen) atoms. The quantitative estimate of drug-likeness (QED) is 0.289. The predicted octanol–water partition coefficient (Wildman–Crippen LogP) is 5.97. The fourth-order valence-electron chi connectivity index (χ4n) is 4.75. The number of aliphatic hydroxyl groups is 1. The van der Waals surface area contributed by atoms with E-state index < -0.39 is 6.10 Å². The van der Waals surface area contributed by atoms with Gasteiger partial charge in [0.1, 0.15) is 28.9 Å². The molecule has 0 saturated carbocycles. The van der Waals surface area contributed by atoms with E-state index in [0.29, 0.717) is 23.2 Å². The number of aromatic nitrogens is 2. The highest BCUT2D eigenvalue weighted by atomic mass is 35.5. The first kappa shape index (κ1) is 22.5. The molecule has 1 saturated heterocycles. The van der Waals surface area contributed by atoms with Gasteiger partial charge in [-0.1, -0.05) is 34.0 Å². The van der Waals surface area contributed by atoms with Gasteiger partial charge in [-0.2, -0.15) is 0 Å². The van der Waals surface area contributed by atoms with Crippen molar-refractivity contribution in [1.82, 2.24) is 15.2 Å². The van der Waals surface area contributed by atoms with Gasteiger partial charge >= 0.3 is 0 Å².